The number of carbonyl (C=O) groups is 1. The van der Waals surface area contributed by atoms with Crippen LogP contribution in [-0.2, 0) is 14.6 Å². The van der Waals surface area contributed by atoms with Gasteiger partial charge in [-0.1, -0.05) is 25.5 Å². The van der Waals surface area contributed by atoms with E-state index in [1.54, 1.807) is 24.4 Å². The Morgan fingerprint density at radius 2 is 2.09 bits per heavy atom. The van der Waals surface area contributed by atoms with E-state index in [2.05, 4.69) is 10.4 Å². The van der Waals surface area contributed by atoms with E-state index in [-0.39, 0.29) is 10.8 Å². The summed E-state index contributed by atoms with van der Waals surface area (Å²) in [5.74, 6) is -0.289. The number of nitrogens with zero attached hydrogens (tertiary/aromatic N) is 2. The molecule has 0 spiro atoms. The predicted octanol–water partition coefficient (Wildman–Crippen LogP) is 1.34. The standard InChI is InChI=1S/C15H20N4O3S/c1-3-6-12(16)15(20)18-11-9-17-19(10-11)13-7-4-5-8-14(13)23(2,21)22/h4-5,7-10,12H,3,6,16H2,1-2H3,(H,18,20). The molecule has 0 fully saturated rings. The summed E-state index contributed by atoms with van der Waals surface area (Å²) >= 11 is 0. The number of aromatic nitrogens is 2. The van der Waals surface area contributed by atoms with E-state index < -0.39 is 15.9 Å². The van der Waals surface area contributed by atoms with E-state index in [9.17, 15) is 13.2 Å². The van der Waals surface area contributed by atoms with Crippen molar-refractivity contribution in [3.8, 4) is 5.69 Å². The van der Waals surface area contributed by atoms with Crippen LogP contribution in [0.1, 0.15) is 19.8 Å². The maximum atomic E-state index is 11.9. The summed E-state index contributed by atoms with van der Waals surface area (Å²) in [5.41, 5.74) is 6.64. The van der Waals surface area contributed by atoms with Crippen LogP contribution in [0.2, 0.25) is 0 Å². The second-order valence-corrected chi connectivity index (χ2v) is 7.28. The Labute approximate surface area is 135 Å². The van der Waals surface area contributed by atoms with Crippen LogP contribution in [0, 0.1) is 0 Å². The molecule has 0 aliphatic carbocycles. The zero-order valence-corrected chi connectivity index (χ0v) is 13.9. The molecule has 1 amide bonds. The molecule has 0 radical (unpaired) electrons. The van der Waals surface area contributed by atoms with Crippen LogP contribution in [0.3, 0.4) is 0 Å². The normalized spacial score (nSPS) is 12.8. The Kier molecular flexibility index (Phi) is 5.17. The van der Waals surface area contributed by atoms with Crippen molar-refractivity contribution in [1.29, 1.82) is 0 Å². The van der Waals surface area contributed by atoms with Crippen LogP contribution in [0.4, 0.5) is 5.69 Å². The number of hydrogen-bond donors (Lipinski definition) is 2. The van der Waals surface area contributed by atoms with Gasteiger partial charge in [0.25, 0.3) is 0 Å². The molecule has 1 aromatic carbocycles. The molecular weight excluding hydrogens is 316 g/mol. The number of para-hydroxylation sites is 1. The Hall–Kier alpha value is -2.19. The monoisotopic (exact) mass is 336 g/mol. The summed E-state index contributed by atoms with van der Waals surface area (Å²) in [7, 11) is -3.38. The number of benzene rings is 1. The number of sulfone groups is 1. The first-order chi connectivity index (χ1) is 10.8. The van der Waals surface area contributed by atoms with E-state index in [0.29, 0.717) is 17.8 Å². The minimum atomic E-state index is -3.38. The lowest BCUT2D eigenvalue weighted by Gasteiger charge is -2.09. The third kappa shape index (κ3) is 4.17. The molecule has 1 atom stereocenters. The van der Waals surface area contributed by atoms with Gasteiger partial charge >= 0.3 is 0 Å². The van der Waals surface area contributed by atoms with E-state index in [1.807, 2.05) is 6.92 Å². The van der Waals surface area contributed by atoms with Crippen molar-refractivity contribution in [2.24, 2.45) is 5.73 Å². The zero-order chi connectivity index (χ0) is 17.0. The molecule has 3 N–H and O–H groups in total. The van der Waals surface area contributed by atoms with Gasteiger partial charge < -0.3 is 11.1 Å². The average molecular weight is 336 g/mol. The highest BCUT2D eigenvalue weighted by Gasteiger charge is 2.16. The quantitative estimate of drug-likeness (QED) is 0.828. The van der Waals surface area contributed by atoms with Gasteiger partial charge in [0.1, 0.15) is 0 Å². The second-order valence-electron chi connectivity index (χ2n) is 5.30. The first-order valence-electron chi connectivity index (χ1n) is 7.23. The largest absolute Gasteiger partial charge is 0.322 e. The third-order valence-corrected chi connectivity index (χ3v) is 4.44. The van der Waals surface area contributed by atoms with Crippen molar-refractivity contribution in [1.82, 2.24) is 9.78 Å². The molecule has 0 aliphatic rings. The number of rotatable bonds is 6. The number of hydrogen-bond acceptors (Lipinski definition) is 5. The van der Waals surface area contributed by atoms with Crippen molar-refractivity contribution in [2.75, 3.05) is 11.6 Å². The minimum Gasteiger partial charge on any atom is -0.322 e. The molecule has 1 aromatic heterocycles. The van der Waals surface area contributed by atoms with Gasteiger partial charge in [-0.2, -0.15) is 5.10 Å². The predicted molar refractivity (Wildman–Crippen MR) is 88.2 cm³/mol. The fourth-order valence-electron chi connectivity index (χ4n) is 2.16. The Morgan fingerprint density at radius 3 is 2.74 bits per heavy atom. The molecule has 0 aliphatic heterocycles. The maximum Gasteiger partial charge on any atom is 0.241 e. The smallest absolute Gasteiger partial charge is 0.241 e. The van der Waals surface area contributed by atoms with Crippen LogP contribution in [0.15, 0.2) is 41.6 Å². The lowest BCUT2D eigenvalue weighted by Crippen LogP contribution is -2.35. The summed E-state index contributed by atoms with van der Waals surface area (Å²) in [6, 6.07) is 5.96. The van der Waals surface area contributed by atoms with Gasteiger partial charge in [0.05, 0.1) is 34.7 Å². The molecule has 0 saturated carbocycles. The molecule has 0 bridgehead atoms. The van der Waals surface area contributed by atoms with Crippen LogP contribution in [-0.4, -0.2) is 36.4 Å². The summed E-state index contributed by atoms with van der Waals surface area (Å²) in [5, 5.41) is 6.79. The first-order valence-corrected chi connectivity index (χ1v) is 9.12. The van der Waals surface area contributed by atoms with Crippen molar-refractivity contribution in [3.63, 3.8) is 0 Å². The number of nitrogens with two attached hydrogens (primary N) is 1. The van der Waals surface area contributed by atoms with Gasteiger partial charge in [0.15, 0.2) is 9.84 Å². The lowest BCUT2D eigenvalue weighted by molar-refractivity contribution is -0.117. The lowest BCUT2D eigenvalue weighted by atomic mass is 10.2. The highest BCUT2D eigenvalue weighted by molar-refractivity contribution is 7.90. The number of amides is 1. The second kappa shape index (κ2) is 6.93. The van der Waals surface area contributed by atoms with Crippen LogP contribution in [0.25, 0.3) is 5.69 Å². The van der Waals surface area contributed by atoms with Crippen LogP contribution in [0.5, 0.6) is 0 Å². The third-order valence-electron chi connectivity index (χ3n) is 3.30. The highest BCUT2D eigenvalue weighted by atomic mass is 32.2. The van der Waals surface area contributed by atoms with Crippen LogP contribution < -0.4 is 11.1 Å². The summed E-state index contributed by atoms with van der Waals surface area (Å²) in [6.07, 6.45) is 5.56. The van der Waals surface area contributed by atoms with Crippen molar-refractivity contribution >= 4 is 21.4 Å². The molecule has 8 heteroatoms. The summed E-state index contributed by atoms with van der Waals surface area (Å²) < 4.78 is 25.1. The fourth-order valence-corrected chi connectivity index (χ4v) is 3.02. The van der Waals surface area contributed by atoms with E-state index in [4.69, 9.17) is 5.73 Å². The number of anilines is 1. The Balaban J connectivity index is 2.26. The molecule has 1 heterocycles. The molecule has 124 valence electrons. The summed E-state index contributed by atoms with van der Waals surface area (Å²) in [6.45, 7) is 1.95. The molecule has 2 rings (SSSR count). The van der Waals surface area contributed by atoms with Gasteiger partial charge in [0.2, 0.25) is 5.91 Å². The average Bonchev–Trinajstić information content (AvgIpc) is 2.95. The number of nitrogens with one attached hydrogen (secondary N) is 1. The van der Waals surface area contributed by atoms with E-state index >= 15 is 0 Å². The highest BCUT2D eigenvalue weighted by Crippen LogP contribution is 2.20. The van der Waals surface area contributed by atoms with E-state index in [1.165, 1.54) is 16.9 Å². The molecule has 7 nitrogen and oxygen atoms in total. The minimum absolute atomic E-state index is 0.170. The summed E-state index contributed by atoms with van der Waals surface area (Å²) in [4.78, 5) is 12.1. The van der Waals surface area contributed by atoms with Crippen molar-refractivity contribution < 1.29 is 13.2 Å². The maximum absolute atomic E-state index is 11.9. The number of carbonyl (C=O) groups excluding carboxylic acids is 1. The van der Waals surface area contributed by atoms with E-state index in [0.717, 1.165) is 12.7 Å². The van der Waals surface area contributed by atoms with Crippen molar-refractivity contribution in [3.05, 3.63) is 36.7 Å². The SMILES string of the molecule is CCCC(N)C(=O)Nc1cnn(-c2ccccc2S(C)(=O)=O)c1. The Morgan fingerprint density at radius 1 is 1.39 bits per heavy atom. The van der Waals surface area contributed by atoms with Gasteiger partial charge in [-0.3, -0.25) is 4.79 Å². The Bertz CT molecular complexity index is 799. The molecule has 2 aromatic rings. The van der Waals surface area contributed by atoms with Gasteiger partial charge in [-0.15, -0.1) is 0 Å². The van der Waals surface area contributed by atoms with Gasteiger partial charge in [-0.25, -0.2) is 13.1 Å². The first kappa shape index (κ1) is 17.2. The van der Waals surface area contributed by atoms with Gasteiger partial charge in [-0.05, 0) is 18.6 Å². The fraction of sp³-hybridized carbons (Fsp3) is 0.333. The molecule has 1 unspecified atom stereocenters. The van der Waals surface area contributed by atoms with Crippen molar-refractivity contribution in [2.45, 2.75) is 30.7 Å². The molecule has 0 saturated heterocycles. The van der Waals surface area contributed by atoms with Gasteiger partial charge in [0, 0.05) is 6.26 Å². The molecule has 23 heavy (non-hydrogen) atoms. The molecular formula is C15H20N4O3S. The zero-order valence-electron chi connectivity index (χ0n) is 13.1. The van der Waals surface area contributed by atoms with Crippen LogP contribution >= 0.6 is 0 Å². The topological polar surface area (TPSA) is 107 Å².